The average Bonchev–Trinajstić information content (AvgIpc) is 3.62. The fourth-order valence-electron chi connectivity index (χ4n) is 8.30. The van der Waals surface area contributed by atoms with Gasteiger partial charge in [-0.05, 0) is 86.7 Å². The largest absolute Gasteiger partial charge is 0.494 e. The van der Waals surface area contributed by atoms with Gasteiger partial charge in [0.25, 0.3) is 23.6 Å². The van der Waals surface area contributed by atoms with Crippen LogP contribution in [0.1, 0.15) is 93.8 Å². The van der Waals surface area contributed by atoms with Crippen molar-refractivity contribution in [3.05, 3.63) is 113 Å². The van der Waals surface area contributed by atoms with E-state index in [1.165, 1.54) is 17.0 Å². The molecular formula is C50H59FN11O9+. The van der Waals surface area contributed by atoms with Gasteiger partial charge in [0.15, 0.2) is 0 Å². The number of halogens is 1. The fourth-order valence-corrected chi connectivity index (χ4v) is 8.30. The maximum Gasteiger partial charge on any atom is 0.280 e. The number of fused-ring (bicyclic) bond motifs is 1. The van der Waals surface area contributed by atoms with Crippen LogP contribution in [0.15, 0.2) is 79.3 Å². The molecule has 0 aliphatic carbocycles. The molecule has 4 aromatic rings. The van der Waals surface area contributed by atoms with Crippen LogP contribution in [0.25, 0.3) is 0 Å². The number of unbranched alkanes of at least 4 members (excludes halogenated alkanes) is 3. The fraction of sp³-hybridized carbons (Fsp3) is 0.400. The highest BCUT2D eigenvalue weighted by atomic mass is 19.1. The van der Waals surface area contributed by atoms with Crippen LogP contribution in [0.3, 0.4) is 0 Å². The molecular weight excluding hydrogens is 918 g/mol. The van der Waals surface area contributed by atoms with Gasteiger partial charge in [0, 0.05) is 56.7 Å². The highest BCUT2D eigenvalue weighted by Crippen LogP contribution is 2.33. The standard InChI is InChI=1S/C50H58FN11O9/c1-32(57-47(65)34-10-7-11-35(25-34)55-29-43(52)59(2)46(53)40-15-16-54-31-56-40)33-9-8-12-36(26-33)71-22-6-4-3-5-21-69-23-24-70-30-45(64)61-19-17-60(18-20-61)42-28-38-37(27-39(42)51)49(67)62(50(38)68)41-13-14-44(63)58-48(41)66/h7-12,15-16,25-28,31-32,41,52-53,55H,3-6,13-14,17-24,29-30H2,1-2H3,(H2,57,58,63,65,66)/p+1/t32-,41?/m1/s1. The number of nitrogens with two attached hydrogens (primary N) is 1. The van der Waals surface area contributed by atoms with Gasteiger partial charge in [-0.15, -0.1) is 0 Å². The number of carbonyl (C=O) groups is 6. The first kappa shape index (κ1) is 51.2. The Kier molecular flexibility index (Phi) is 17.5. The number of carbonyl (C=O) groups excluding carboxylic acids is 6. The third kappa shape index (κ3) is 13.2. The number of ether oxygens (including phenoxy) is 3. The number of nitrogens with one attached hydrogen (secondary N) is 4. The molecule has 21 heteroatoms. The van der Waals surface area contributed by atoms with Crippen LogP contribution in [0.2, 0.25) is 0 Å². The van der Waals surface area contributed by atoms with Gasteiger partial charge in [0.05, 0.1) is 49.7 Å². The second-order valence-electron chi connectivity index (χ2n) is 17.3. The molecule has 20 nitrogen and oxygen atoms in total. The number of nitrogens with zero attached hydrogens (tertiary/aromatic N) is 6. The normalized spacial score (nSPS) is 16.5. The third-order valence-corrected chi connectivity index (χ3v) is 12.4. The van der Waals surface area contributed by atoms with Gasteiger partial charge in [-0.25, -0.2) is 18.9 Å². The van der Waals surface area contributed by atoms with Crippen molar-refractivity contribution in [2.75, 3.05) is 83.0 Å². The summed E-state index contributed by atoms with van der Waals surface area (Å²) in [5.74, 6) is -2.60. The van der Waals surface area contributed by atoms with E-state index in [9.17, 15) is 28.8 Å². The molecule has 0 spiro atoms. The van der Waals surface area contributed by atoms with Crippen molar-refractivity contribution in [2.45, 2.75) is 57.5 Å². The molecule has 3 aromatic carbocycles. The van der Waals surface area contributed by atoms with Gasteiger partial charge < -0.3 is 40.4 Å². The summed E-state index contributed by atoms with van der Waals surface area (Å²) in [4.78, 5) is 88.5. The van der Waals surface area contributed by atoms with E-state index in [2.05, 4.69) is 25.9 Å². The summed E-state index contributed by atoms with van der Waals surface area (Å²) in [6.45, 7) is 4.92. The summed E-state index contributed by atoms with van der Waals surface area (Å²) in [6, 6.07) is 17.3. The molecule has 6 N–H and O–H groups in total. The van der Waals surface area contributed by atoms with E-state index >= 15 is 4.39 Å². The summed E-state index contributed by atoms with van der Waals surface area (Å²) >= 11 is 0. The minimum absolute atomic E-state index is 0.000796. The van der Waals surface area contributed by atoms with Crippen LogP contribution >= 0.6 is 0 Å². The molecule has 2 atom stereocenters. The number of amides is 6. The van der Waals surface area contributed by atoms with Crippen molar-refractivity contribution in [3.8, 4) is 5.75 Å². The number of piperidine rings is 1. The smallest absolute Gasteiger partial charge is 0.280 e. The number of hydrogen-bond acceptors (Lipinski definition) is 14. The molecule has 3 aliphatic rings. The lowest BCUT2D eigenvalue weighted by Gasteiger charge is -2.36. The first-order valence-corrected chi connectivity index (χ1v) is 23.6. The van der Waals surface area contributed by atoms with E-state index < -0.39 is 35.5 Å². The number of piperazine rings is 1. The van der Waals surface area contributed by atoms with Crippen LogP contribution < -0.4 is 31.3 Å². The molecule has 1 aromatic heterocycles. The molecule has 71 heavy (non-hydrogen) atoms. The number of anilines is 2. The first-order valence-electron chi connectivity index (χ1n) is 23.6. The highest BCUT2D eigenvalue weighted by Gasteiger charge is 2.45. The Hall–Kier alpha value is -7.65. The van der Waals surface area contributed by atoms with Crippen LogP contribution in [0.4, 0.5) is 15.8 Å². The van der Waals surface area contributed by atoms with Gasteiger partial charge in [0.2, 0.25) is 23.6 Å². The zero-order valence-electron chi connectivity index (χ0n) is 39.8. The van der Waals surface area contributed by atoms with Crippen molar-refractivity contribution in [1.82, 2.24) is 30.4 Å². The zero-order chi connectivity index (χ0) is 50.4. The van der Waals surface area contributed by atoms with Crippen molar-refractivity contribution < 1.29 is 51.9 Å². The first-order chi connectivity index (χ1) is 34.3. The van der Waals surface area contributed by atoms with E-state index in [1.54, 1.807) is 47.3 Å². The van der Waals surface area contributed by atoms with E-state index in [-0.39, 0.29) is 73.1 Å². The van der Waals surface area contributed by atoms with Crippen LogP contribution in [-0.4, -0.2) is 150 Å². The monoisotopic (exact) mass is 976 g/mol. The molecule has 3 aliphatic heterocycles. The number of benzene rings is 3. The number of rotatable bonds is 22. The molecule has 2 saturated heterocycles. The predicted octanol–water partition coefficient (Wildman–Crippen LogP) is 3.27. The van der Waals surface area contributed by atoms with Gasteiger partial charge in [-0.3, -0.25) is 39.0 Å². The average molecular weight is 977 g/mol. The third-order valence-electron chi connectivity index (χ3n) is 12.4. The molecule has 0 saturated carbocycles. The molecule has 2 fully saturated rings. The second kappa shape index (κ2) is 24.3. The maximum atomic E-state index is 15.3. The lowest BCUT2D eigenvalue weighted by molar-refractivity contribution is -0.373. The number of hydrogen-bond donors (Lipinski definition) is 5. The number of aromatic nitrogens is 2. The molecule has 6 amide bonds. The Labute approximate surface area is 410 Å². The molecule has 7 rings (SSSR count). The predicted molar refractivity (Wildman–Crippen MR) is 259 cm³/mol. The lowest BCUT2D eigenvalue weighted by Crippen LogP contribution is -2.54. The Morgan fingerprint density at radius 2 is 1.65 bits per heavy atom. The number of imide groups is 2. The van der Waals surface area contributed by atoms with E-state index in [0.29, 0.717) is 68.8 Å². The molecule has 0 radical (unpaired) electrons. The SMILES string of the molecule is C[C@@H](NC(=O)c1cccc(NCC(N)=[N+](C)C(=N)c2ccncn2)c1)c1cccc(OCCCCCCOCCOCC(=O)N2CCN(c3cc4c(cc3F)C(=O)N(C3CCC(=O)NC3=O)C4=O)CC2)c1. The highest BCUT2D eigenvalue weighted by molar-refractivity contribution is 6.23. The van der Waals surface area contributed by atoms with Gasteiger partial charge in [-0.2, -0.15) is 5.41 Å². The van der Waals surface area contributed by atoms with Crippen LogP contribution in [-0.2, 0) is 23.9 Å². The Morgan fingerprint density at radius 1 is 0.915 bits per heavy atom. The lowest BCUT2D eigenvalue weighted by atomic mass is 10.0. The topological polar surface area (TPSA) is 255 Å². The van der Waals surface area contributed by atoms with Crippen molar-refractivity contribution in [3.63, 3.8) is 0 Å². The van der Waals surface area contributed by atoms with E-state index in [0.717, 1.165) is 48.0 Å². The summed E-state index contributed by atoms with van der Waals surface area (Å²) < 4.78 is 34.1. The van der Waals surface area contributed by atoms with Gasteiger partial charge in [0.1, 0.15) is 42.8 Å². The maximum absolute atomic E-state index is 15.3. The summed E-state index contributed by atoms with van der Waals surface area (Å²) in [7, 11) is 1.69. The summed E-state index contributed by atoms with van der Waals surface area (Å²) in [5, 5.41) is 16.8. The Morgan fingerprint density at radius 3 is 2.39 bits per heavy atom. The minimum Gasteiger partial charge on any atom is -0.494 e. The molecule has 374 valence electrons. The number of amidine groups is 2. The van der Waals surface area contributed by atoms with E-state index in [1.807, 2.05) is 37.3 Å². The minimum atomic E-state index is -1.15. The van der Waals surface area contributed by atoms with Crippen molar-refractivity contribution >= 4 is 58.5 Å². The van der Waals surface area contributed by atoms with Gasteiger partial charge >= 0.3 is 0 Å². The van der Waals surface area contributed by atoms with Crippen molar-refractivity contribution in [2.24, 2.45) is 5.73 Å². The van der Waals surface area contributed by atoms with Gasteiger partial charge in [-0.1, -0.05) is 24.6 Å². The Balaban J connectivity index is 0.722. The summed E-state index contributed by atoms with van der Waals surface area (Å²) in [5.41, 5.74) is 8.76. The van der Waals surface area contributed by atoms with Crippen molar-refractivity contribution in [1.29, 1.82) is 5.41 Å². The second-order valence-corrected chi connectivity index (χ2v) is 17.3. The quantitative estimate of drug-likeness (QED) is 0.0249. The zero-order valence-corrected chi connectivity index (χ0v) is 39.8. The Bertz CT molecular complexity index is 2660. The molecule has 1 unspecified atom stereocenters. The van der Waals surface area contributed by atoms with Crippen LogP contribution in [0.5, 0.6) is 5.75 Å². The summed E-state index contributed by atoms with van der Waals surface area (Å²) in [6.07, 6.45) is 6.55. The van der Waals surface area contributed by atoms with E-state index in [4.69, 9.17) is 25.4 Å². The van der Waals surface area contributed by atoms with Crippen LogP contribution in [0, 0.1) is 11.2 Å². The molecule has 0 bridgehead atoms. The molecule has 4 heterocycles.